The highest BCUT2D eigenvalue weighted by Gasteiger charge is 1.96. The topological polar surface area (TPSA) is 38.9 Å². The second-order valence-electron chi connectivity index (χ2n) is 2.46. The fourth-order valence-corrected chi connectivity index (χ4v) is 0.874. The van der Waals surface area contributed by atoms with Crippen molar-refractivity contribution in [3.05, 3.63) is 42.7 Å². The van der Waals surface area contributed by atoms with Crippen molar-refractivity contribution in [2.75, 3.05) is 0 Å². The number of nitrogens with two attached hydrogens (primary N) is 1. The van der Waals surface area contributed by atoms with E-state index in [0.717, 1.165) is 6.42 Å². The maximum absolute atomic E-state index is 5.67. The molecule has 0 aliphatic rings. The molecule has 0 radical (unpaired) electrons. The molecule has 2 heteroatoms. The summed E-state index contributed by atoms with van der Waals surface area (Å²) in [7, 11) is 0. The Bertz CT molecular complexity index is 218. The Morgan fingerprint density at radius 2 is 2.18 bits per heavy atom. The van der Waals surface area contributed by atoms with Gasteiger partial charge in [-0.05, 0) is 24.1 Å². The third-order valence-corrected chi connectivity index (χ3v) is 1.52. The molecule has 2 nitrogen and oxygen atoms in total. The zero-order valence-corrected chi connectivity index (χ0v) is 6.40. The number of hydrogen-bond donors (Lipinski definition) is 1. The van der Waals surface area contributed by atoms with Crippen LogP contribution in [0.15, 0.2) is 37.2 Å². The molecule has 0 bridgehead atoms. The van der Waals surface area contributed by atoms with Gasteiger partial charge in [-0.2, -0.15) is 0 Å². The smallest absolute Gasteiger partial charge is 0.0270 e. The number of hydrogen-bond acceptors (Lipinski definition) is 2. The molecule has 0 saturated heterocycles. The molecule has 0 aliphatic heterocycles. The van der Waals surface area contributed by atoms with Crippen molar-refractivity contribution in [1.82, 2.24) is 4.98 Å². The Hall–Kier alpha value is -1.15. The fourth-order valence-electron chi connectivity index (χ4n) is 0.874. The van der Waals surface area contributed by atoms with Gasteiger partial charge in [0.05, 0.1) is 0 Å². The van der Waals surface area contributed by atoms with Gasteiger partial charge in [0, 0.05) is 18.4 Å². The number of aromatic nitrogens is 1. The summed E-state index contributed by atoms with van der Waals surface area (Å²) in [5.74, 6) is 0. The van der Waals surface area contributed by atoms with Crippen LogP contribution in [-0.2, 0) is 6.42 Å². The predicted molar refractivity (Wildman–Crippen MR) is 46.1 cm³/mol. The number of pyridine rings is 1. The third-order valence-electron chi connectivity index (χ3n) is 1.52. The van der Waals surface area contributed by atoms with E-state index < -0.39 is 0 Å². The molecule has 2 N–H and O–H groups in total. The molecule has 1 heterocycles. The minimum atomic E-state index is 0.0531. The van der Waals surface area contributed by atoms with Crippen molar-refractivity contribution in [3.8, 4) is 0 Å². The molecule has 1 aromatic heterocycles. The molecule has 0 spiro atoms. The monoisotopic (exact) mass is 148 g/mol. The lowest BCUT2D eigenvalue weighted by molar-refractivity contribution is 0.810. The first-order chi connectivity index (χ1) is 5.33. The fraction of sp³-hybridized carbons (Fsp3) is 0.222. The molecule has 58 valence electrons. The highest BCUT2D eigenvalue weighted by atomic mass is 14.6. The van der Waals surface area contributed by atoms with E-state index in [2.05, 4.69) is 11.6 Å². The van der Waals surface area contributed by atoms with Crippen molar-refractivity contribution in [2.24, 2.45) is 5.73 Å². The Labute approximate surface area is 66.8 Å². The quantitative estimate of drug-likeness (QED) is 0.653. The van der Waals surface area contributed by atoms with Crippen LogP contribution in [0.4, 0.5) is 0 Å². The van der Waals surface area contributed by atoms with Crippen LogP contribution < -0.4 is 5.73 Å². The molecule has 0 aliphatic carbocycles. The molecule has 0 saturated carbocycles. The van der Waals surface area contributed by atoms with Crippen LogP contribution in [-0.4, -0.2) is 11.0 Å². The summed E-state index contributed by atoms with van der Waals surface area (Å²) in [5, 5.41) is 0. The normalized spacial score (nSPS) is 12.5. The van der Waals surface area contributed by atoms with E-state index in [1.807, 2.05) is 12.1 Å². The molecule has 1 rings (SSSR count). The predicted octanol–water partition coefficient (Wildman–Crippen LogP) is 1.14. The summed E-state index contributed by atoms with van der Waals surface area (Å²) >= 11 is 0. The van der Waals surface area contributed by atoms with E-state index in [4.69, 9.17) is 5.73 Å². The average molecular weight is 148 g/mol. The van der Waals surface area contributed by atoms with Gasteiger partial charge in [0.15, 0.2) is 0 Å². The molecular weight excluding hydrogens is 136 g/mol. The Balaban J connectivity index is 2.57. The highest BCUT2D eigenvalue weighted by molar-refractivity contribution is 5.12. The van der Waals surface area contributed by atoms with Crippen molar-refractivity contribution in [3.63, 3.8) is 0 Å². The molecule has 1 unspecified atom stereocenters. The van der Waals surface area contributed by atoms with Gasteiger partial charge >= 0.3 is 0 Å². The van der Waals surface area contributed by atoms with E-state index in [1.165, 1.54) is 5.56 Å². The van der Waals surface area contributed by atoms with Crippen LogP contribution in [0.3, 0.4) is 0 Å². The maximum atomic E-state index is 5.67. The van der Waals surface area contributed by atoms with Gasteiger partial charge in [-0.3, -0.25) is 4.98 Å². The van der Waals surface area contributed by atoms with Crippen molar-refractivity contribution >= 4 is 0 Å². The standard InChI is InChI=1S/C9H12N2/c1-2-9(10)7-8-3-5-11-6-4-8/h2-6,9H,1,7,10H2. The van der Waals surface area contributed by atoms with E-state index >= 15 is 0 Å². The molecule has 0 amide bonds. The minimum Gasteiger partial charge on any atom is -0.324 e. The lowest BCUT2D eigenvalue weighted by Crippen LogP contribution is -2.19. The summed E-state index contributed by atoms with van der Waals surface area (Å²) in [4.78, 5) is 3.91. The van der Waals surface area contributed by atoms with Gasteiger partial charge < -0.3 is 5.73 Å². The van der Waals surface area contributed by atoms with Gasteiger partial charge in [0.1, 0.15) is 0 Å². The van der Waals surface area contributed by atoms with Crippen LogP contribution >= 0.6 is 0 Å². The first-order valence-electron chi connectivity index (χ1n) is 3.60. The number of nitrogens with zero attached hydrogens (tertiary/aromatic N) is 1. The maximum Gasteiger partial charge on any atom is 0.0270 e. The van der Waals surface area contributed by atoms with Gasteiger partial charge in [-0.15, -0.1) is 6.58 Å². The second kappa shape index (κ2) is 3.88. The SMILES string of the molecule is C=CC(N)Cc1ccncc1. The summed E-state index contributed by atoms with van der Waals surface area (Å²) < 4.78 is 0. The lowest BCUT2D eigenvalue weighted by Gasteiger charge is -2.04. The Morgan fingerprint density at radius 3 is 2.73 bits per heavy atom. The van der Waals surface area contributed by atoms with Gasteiger partial charge in [-0.25, -0.2) is 0 Å². The largest absolute Gasteiger partial charge is 0.324 e. The van der Waals surface area contributed by atoms with Gasteiger partial charge in [-0.1, -0.05) is 6.08 Å². The first-order valence-corrected chi connectivity index (χ1v) is 3.60. The van der Waals surface area contributed by atoms with Crippen molar-refractivity contribution < 1.29 is 0 Å². The van der Waals surface area contributed by atoms with Gasteiger partial charge in [0.25, 0.3) is 0 Å². The highest BCUT2D eigenvalue weighted by Crippen LogP contribution is 1.99. The van der Waals surface area contributed by atoms with Crippen molar-refractivity contribution in [2.45, 2.75) is 12.5 Å². The average Bonchev–Trinajstić information content (AvgIpc) is 2.06. The van der Waals surface area contributed by atoms with E-state index in [0.29, 0.717) is 0 Å². The summed E-state index contributed by atoms with van der Waals surface area (Å²) in [6.07, 6.45) is 6.13. The van der Waals surface area contributed by atoms with Crippen LogP contribution in [0, 0.1) is 0 Å². The second-order valence-corrected chi connectivity index (χ2v) is 2.46. The molecule has 0 fully saturated rings. The summed E-state index contributed by atoms with van der Waals surface area (Å²) in [5.41, 5.74) is 6.87. The first kappa shape index (κ1) is 7.95. The molecule has 11 heavy (non-hydrogen) atoms. The van der Waals surface area contributed by atoms with Crippen molar-refractivity contribution in [1.29, 1.82) is 0 Å². The summed E-state index contributed by atoms with van der Waals surface area (Å²) in [6.45, 7) is 3.62. The minimum absolute atomic E-state index is 0.0531. The third kappa shape index (κ3) is 2.51. The zero-order valence-electron chi connectivity index (χ0n) is 6.40. The van der Waals surface area contributed by atoms with E-state index in [1.54, 1.807) is 18.5 Å². The lowest BCUT2D eigenvalue weighted by atomic mass is 10.1. The van der Waals surface area contributed by atoms with E-state index in [9.17, 15) is 0 Å². The summed E-state index contributed by atoms with van der Waals surface area (Å²) in [6, 6.07) is 3.98. The van der Waals surface area contributed by atoms with Gasteiger partial charge in [0.2, 0.25) is 0 Å². The van der Waals surface area contributed by atoms with Crippen LogP contribution in [0.1, 0.15) is 5.56 Å². The Morgan fingerprint density at radius 1 is 1.55 bits per heavy atom. The Kier molecular flexibility index (Phi) is 2.81. The van der Waals surface area contributed by atoms with Crippen LogP contribution in [0.25, 0.3) is 0 Å². The zero-order chi connectivity index (χ0) is 8.10. The van der Waals surface area contributed by atoms with Crippen LogP contribution in [0.5, 0.6) is 0 Å². The molecular formula is C9H12N2. The molecule has 1 atom stereocenters. The molecule has 1 aromatic rings. The molecule has 0 aromatic carbocycles. The number of rotatable bonds is 3. The van der Waals surface area contributed by atoms with E-state index in [-0.39, 0.29) is 6.04 Å². The van der Waals surface area contributed by atoms with Crippen LogP contribution in [0.2, 0.25) is 0 Å².